The van der Waals surface area contributed by atoms with Gasteiger partial charge in [-0.25, -0.2) is 4.98 Å². The van der Waals surface area contributed by atoms with Crippen LogP contribution in [0.5, 0.6) is 5.75 Å². The number of nitrogen functional groups attached to an aromatic ring is 1. The molecule has 0 saturated carbocycles. The number of ether oxygens (including phenoxy) is 2. The Kier molecular flexibility index (Phi) is 4.55. The van der Waals surface area contributed by atoms with E-state index in [1.165, 1.54) is 0 Å². The highest BCUT2D eigenvalue weighted by Crippen LogP contribution is 2.09. The smallest absolute Gasteiger partial charge is 0.128 e. The van der Waals surface area contributed by atoms with E-state index >= 15 is 0 Å². The maximum Gasteiger partial charge on any atom is 0.128 e. The fourth-order valence-electron chi connectivity index (χ4n) is 1.49. The molecule has 4 heteroatoms. The summed E-state index contributed by atoms with van der Waals surface area (Å²) in [5.41, 5.74) is 6.60. The first-order valence-electron chi connectivity index (χ1n) is 5.81. The van der Waals surface area contributed by atoms with Crippen molar-refractivity contribution < 1.29 is 9.47 Å². The number of rotatable bonds is 6. The third kappa shape index (κ3) is 3.75. The molecule has 0 aliphatic heterocycles. The molecule has 0 radical (unpaired) electrons. The largest absolute Gasteiger partial charge is 0.491 e. The van der Waals surface area contributed by atoms with Crippen LogP contribution in [0, 0.1) is 0 Å². The number of nitrogens with zero attached hydrogens (tertiary/aromatic N) is 1. The van der Waals surface area contributed by atoms with Crippen LogP contribution in [0.25, 0.3) is 0 Å². The summed E-state index contributed by atoms with van der Waals surface area (Å²) in [5, 5.41) is 0. The first kappa shape index (κ1) is 12.4. The van der Waals surface area contributed by atoms with Crippen molar-refractivity contribution in [3.63, 3.8) is 0 Å². The summed E-state index contributed by atoms with van der Waals surface area (Å²) < 4.78 is 11.0. The molecule has 1 heterocycles. The molecule has 0 spiro atoms. The summed E-state index contributed by atoms with van der Waals surface area (Å²) in [7, 11) is 0. The van der Waals surface area contributed by atoms with Crippen molar-refractivity contribution in [3.05, 3.63) is 54.2 Å². The second kappa shape index (κ2) is 6.61. The van der Waals surface area contributed by atoms with Gasteiger partial charge in [-0.1, -0.05) is 24.3 Å². The van der Waals surface area contributed by atoms with Gasteiger partial charge in [0.15, 0.2) is 0 Å². The molecule has 0 fully saturated rings. The van der Waals surface area contributed by atoms with Crippen LogP contribution in [-0.4, -0.2) is 18.2 Å². The van der Waals surface area contributed by atoms with Gasteiger partial charge in [0.2, 0.25) is 0 Å². The molecule has 2 aromatic rings. The van der Waals surface area contributed by atoms with Gasteiger partial charge in [0.1, 0.15) is 18.2 Å². The maximum atomic E-state index is 5.70. The molecular formula is C14H16N2O2. The number of aromatic nitrogens is 1. The molecule has 0 aliphatic rings. The van der Waals surface area contributed by atoms with Crippen molar-refractivity contribution in [1.29, 1.82) is 0 Å². The minimum atomic E-state index is 0.456. The molecule has 0 bridgehead atoms. The monoisotopic (exact) mass is 244 g/mol. The number of anilines is 1. The molecular weight excluding hydrogens is 228 g/mol. The molecule has 2 rings (SSSR count). The highest BCUT2D eigenvalue weighted by molar-refractivity contribution is 5.37. The van der Waals surface area contributed by atoms with Crippen LogP contribution in [0.4, 0.5) is 5.82 Å². The zero-order chi connectivity index (χ0) is 12.6. The van der Waals surface area contributed by atoms with Crippen molar-refractivity contribution >= 4 is 5.82 Å². The number of benzene rings is 1. The average molecular weight is 244 g/mol. The van der Waals surface area contributed by atoms with E-state index in [9.17, 15) is 0 Å². The van der Waals surface area contributed by atoms with Gasteiger partial charge >= 0.3 is 0 Å². The first-order chi connectivity index (χ1) is 8.86. The zero-order valence-corrected chi connectivity index (χ0v) is 10.1. The van der Waals surface area contributed by atoms with Gasteiger partial charge < -0.3 is 15.2 Å². The van der Waals surface area contributed by atoms with Crippen LogP contribution in [0.2, 0.25) is 0 Å². The topological polar surface area (TPSA) is 57.4 Å². The van der Waals surface area contributed by atoms with E-state index in [0.717, 1.165) is 11.3 Å². The van der Waals surface area contributed by atoms with Crippen LogP contribution >= 0.6 is 0 Å². The Balaban J connectivity index is 1.66. The fourth-order valence-corrected chi connectivity index (χ4v) is 1.49. The second-order valence-electron chi connectivity index (χ2n) is 3.76. The lowest BCUT2D eigenvalue weighted by Crippen LogP contribution is -2.07. The second-order valence-corrected chi connectivity index (χ2v) is 3.76. The van der Waals surface area contributed by atoms with E-state index < -0.39 is 0 Å². The summed E-state index contributed by atoms with van der Waals surface area (Å²) in [5.74, 6) is 1.36. The predicted octanol–water partition coefficient (Wildman–Crippen LogP) is 2.26. The van der Waals surface area contributed by atoms with E-state index in [-0.39, 0.29) is 0 Å². The summed E-state index contributed by atoms with van der Waals surface area (Å²) >= 11 is 0. The molecule has 0 atom stereocenters. The lowest BCUT2D eigenvalue weighted by atomic mass is 10.3. The summed E-state index contributed by atoms with van der Waals surface area (Å²) in [6.07, 6.45) is 1.66. The summed E-state index contributed by atoms with van der Waals surface area (Å²) in [4.78, 5) is 3.99. The number of hydrogen-bond acceptors (Lipinski definition) is 4. The van der Waals surface area contributed by atoms with Gasteiger partial charge in [-0.2, -0.15) is 0 Å². The van der Waals surface area contributed by atoms with Crippen molar-refractivity contribution in [3.8, 4) is 5.75 Å². The molecule has 0 unspecified atom stereocenters. The molecule has 0 saturated heterocycles. The van der Waals surface area contributed by atoms with Gasteiger partial charge in [0, 0.05) is 11.8 Å². The van der Waals surface area contributed by atoms with Crippen LogP contribution < -0.4 is 10.5 Å². The van der Waals surface area contributed by atoms with Gasteiger partial charge in [-0.15, -0.1) is 0 Å². The van der Waals surface area contributed by atoms with Crippen LogP contribution in [-0.2, 0) is 11.3 Å². The van der Waals surface area contributed by atoms with Crippen LogP contribution in [0.15, 0.2) is 48.7 Å². The Morgan fingerprint density at radius 3 is 2.61 bits per heavy atom. The zero-order valence-electron chi connectivity index (χ0n) is 10.1. The summed E-state index contributed by atoms with van der Waals surface area (Å²) in [6.45, 7) is 1.49. The van der Waals surface area contributed by atoms with Crippen LogP contribution in [0.1, 0.15) is 5.56 Å². The van der Waals surface area contributed by atoms with Crippen LogP contribution in [0.3, 0.4) is 0 Å². The molecule has 2 N–H and O–H groups in total. The normalized spacial score (nSPS) is 10.2. The van der Waals surface area contributed by atoms with E-state index in [1.807, 2.05) is 42.5 Å². The highest BCUT2D eigenvalue weighted by Gasteiger charge is 1.99. The van der Waals surface area contributed by atoms with Crippen molar-refractivity contribution in [1.82, 2.24) is 4.98 Å². The number of pyridine rings is 1. The van der Waals surface area contributed by atoms with Gasteiger partial charge in [-0.05, 0) is 18.2 Å². The standard InChI is InChI=1S/C14H16N2O2/c15-14-12(5-4-8-16-14)11-17-9-10-18-13-6-2-1-3-7-13/h1-8H,9-11H2,(H2,15,16). The average Bonchev–Trinajstić information content (AvgIpc) is 2.42. The van der Waals surface area contributed by atoms with Crippen molar-refractivity contribution in [2.45, 2.75) is 6.61 Å². The number of para-hydroxylation sites is 1. The van der Waals surface area contributed by atoms with Crippen molar-refractivity contribution in [2.24, 2.45) is 0 Å². The van der Waals surface area contributed by atoms with E-state index in [4.69, 9.17) is 15.2 Å². The quantitative estimate of drug-likeness (QED) is 0.792. The molecule has 1 aromatic heterocycles. The molecule has 4 nitrogen and oxygen atoms in total. The maximum absolute atomic E-state index is 5.70. The Hall–Kier alpha value is -2.07. The third-order valence-electron chi connectivity index (χ3n) is 2.42. The van der Waals surface area contributed by atoms with E-state index in [1.54, 1.807) is 6.20 Å². The van der Waals surface area contributed by atoms with Gasteiger partial charge in [-0.3, -0.25) is 0 Å². The van der Waals surface area contributed by atoms with Gasteiger partial charge in [0.05, 0.1) is 13.2 Å². The SMILES string of the molecule is Nc1ncccc1COCCOc1ccccc1. The third-order valence-corrected chi connectivity index (χ3v) is 2.42. The Morgan fingerprint density at radius 1 is 1.00 bits per heavy atom. The minimum absolute atomic E-state index is 0.456. The predicted molar refractivity (Wildman–Crippen MR) is 70.2 cm³/mol. The number of nitrogens with two attached hydrogens (primary N) is 1. The fraction of sp³-hybridized carbons (Fsp3) is 0.214. The lowest BCUT2D eigenvalue weighted by molar-refractivity contribution is 0.0891. The molecule has 0 aliphatic carbocycles. The Morgan fingerprint density at radius 2 is 1.83 bits per heavy atom. The molecule has 1 aromatic carbocycles. The Labute approximate surface area is 106 Å². The van der Waals surface area contributed by atoms with Gasteiger partial charge in [0.25, 0.3) is 0 Å². The summed E-state index contributed by atoms with van der Waals surface area (Å²) in [6, 6.07) is 13.4. The van der Waals surface area contributed by atoms with E-state index in [2.05, 4.69) is 4.98 Å². The first-order valence-corrected chi connectivity index (χ1v) is 5.81. The lowest BCUT2D eigenvalue weighted by Gasteiger charge is -2.08. The van der Waals surface area contributed by atoms with E-state index in [0.29, 0.717) is 25.6 Å². The molecule has 0 amide bonds. The Bertz CT molecular complexity index is 474. The van der Waals surface area contributed by atoms with Crippen molar-refractivity contribution in [2.75, 3.05) is 18.9 Å². The minimum Gasteiger partial charge on any atom is -0.491 e. The highest BCUT2D eigenvalue weighted by atomic mass is 16.5. The molecule has 18 heavy (non-hydrogen) atoms. The molecule has 94 valence electrons. The number of hydrogen-bond donors (Lipinski definition) is 1.